The summed E-state index contributed by atoms with van der Waals surface area (Å²) in [4.78, 5) is 17.5. The maximum absolute atomic E-state index is 11.9. The van der Waals surface area contributed by atoms with Crippen molar-refractivity contribution in [3.8, 4) is 0 Å². The molecule has 0 radical (unpaired) electrons. The maximum Gasteiger partial charge on any atom is 0.246 e. The molecule has 0 aliphatic carbocycles. The molecule has 0 unspecified atom stereocenters. The zero-order valence-electron chi connectivity index (χ0n) is 13.4. The standard InChI is InChI=1S/C17H21N3O2S2/c21-15(8-11-24-14-4-2-1-3-5-14)18-12-16-19-17(20-22-16)13-6-9-23-10-7-13/h1-5,13H,6-12H2,(H,18,21). The number of aromatic nitrogens is 2. The van der Waals surface area contributed by atoms with Crippen LogP contribution in [0.25, 0.3) is 0 Å². The number of amides is 1. The molecule has 1 aromatic carbocycles. The van der Waals surface area contributed by atoms with Gasteiger partial charge in [-0.05, 0) is 36.5 Å². The first-order valence-corrected chi connectivity index (χ1v) is 10.3. The number of nitrogens with one attached hydrogen (secondary N) is 1. The fourth-order valence-corrected chi connectivity index (χ4v) is 4.48. The number of thioether (sulfide) groups is 2. The molecule has 3 rings (SSSR count). The number of hydrogen-bond acceptors (Lipinski definition) is 6. The Labute approximate surface area is 150 Å². The van der Waals surface area contributed by atoms with Gasteiger partial charge in [-0.3, -0.25) is 4.79 Å². The van der Waals surface area contributed by atoms with Gasteiger partial charge in [0.25, 0.3) is 0 Å². The van der Waals surface area contributed by atoms with Crippen LogP contribution in [-0.4, -0.2) is 33.3 Å². The number of benzene rings is 1. The van der Waals surface area contributed by atoms with Crippen LogP contribution >= 0.6 is 23.5 Å². The summed E-state index contributed by atoms with van der Waals surface area (Å²) in [6, 6.07) is 10.1. The van der Waals surface area contributed by atoms with E-state index < -0.39 is 0 Å². The van der Waals surface area contributed by atoms with Gasteiger partial charge in [0, 0.05) is 23.0 Å². The molecule has 1 aromatic heterocycles. The Hall–Kier alpha value is -1.47. The smallest absolute Gasteiger partial charge is 0.246 e. The second-order valence-electron chi connectivity index (χ2n) is 5.62. The molecule has 0 bridgehead atoms. The Balaban J connectivity index is 1.37. The normalized spacial score (nSPS) is 15.3. The summed E-state index contributed by atoms with van der Waals surface area (Å²) in [6.07, 6.45) is 2.68. The molecule has 2 heterocycles. The Bertz CT molecular complexity index is 642. The molecule has 128 valence electrons. The minimum absolute atomic E-state index is 0.00671. The number of nitrogens with zero attached hydrogens (tertiary/aromatic N) is 2. The summed E-state index contributed by atoms with van der Waals surface area (Å²) >= 11 is 3.65. The van der Waals surface area contributed by atoms with E-state index >= 15 is 0 Å². The highest BCUT2D eigenvalue weighted by molar-refractivity contribution is 7.99. The first-order chi connectivity index (χ1) is 11.8. The lowest BCUT2D eigenvalue weighted by Crippen LogP contribution is -2.23. The minimum Gasteiger partial charge on any atom is -0.347 e. The summed E-state index contributed by atoms with van der Waals surface area (Å²) in [5.74, 6) is 4.76. The van der Waals surface area contributed by atoms with E-state index in [4.69, 9.17) is 4.52 Å². The molecule has 1 saturated heterocycles. The van der Waals surface area contributed by atoms with Gasteiger partial charge in [0.2, 0.25) is 11.8 Å². The van der Waals surface area contributed by atoms with Crippen molar-refractivity contribution < 1.29 is 9.32 Å². The van der Waals surface area contributed by atoms with Gasteiger partial charge in [-0.25, -0.2) is 0 Å². The molecule has 0 atom stereocenters. The van der Waals surface area contributed by atoms with Crippen LogP contribution in [0.3, 0.4) is 0 Å². The lowest BCUT2D eigenvalue weighted by atomic mass is 10.0. The SMILES string of the molecule is O=C(CCSc1ccccc1)NCc1nc(C2CCSCC2)no1. The number of rotatable bonds is 7. The van der Waals surface area contributed by atoms with E-state index in [1.165, 1.54) is 4.90 Å². The molecule has 1 amide bonds. The van der Waals surface area contributed by atoms with Crippen molar-refractivity contribution in [1.82, 2.24) is 15.5 Å². The van der Waals surface area contributed by atoms with Crippen LogP contribution in [0, 0.1) is 0 Å². The maximum atomic E-state index is 11.9. The molecule has 5 nitrogen and oxygen atoms in total. The van der Waals surface area contributed by atoms with Crippen molar-refractivity contribution >= 4 is 29.4 Å². The van der Waals surface area contributed by atoms with Gasteiger partial charge < -0.3 is 9.84 Å². The van der Waals surface area contributed by atoms with E-state index in [1.54, 1.807) is 11.8 Å². The third-order valence-electron chi connectivity index (χ3n) is 3.85. The summed E-state index contributed by atoms with van der Waals surface area (Å²) in [6.45, 7) is 0.309. The topological polar surface area (TPSA) is 68.0 Å². The van der Waals surface area contributed by atoms with E-state index in [0.717, 1.165) is 35.9 Å². The third-order valence-corrected chi connectivity index (χ3v) is 5.91. The molecular formula is C17H21N3O2S2. The zero-order valence-corrected chi connectivity index (χ0v) is 15.1. The largest absolute Gasteiger partial charge is 0.347 e. The molecule has 0 saturated carbocycles. The van der Waals surface area contributed by atoms with Gasteiger partial charge in [-0.1, -0.05) is 23.4 Å². The first-order valence-electron chi connectivity index (χ1n) is 8.16. The van der Waals surface area contributed by atoms with Gasteiger partial charge in [-0.15, -0.1) is 11.8 Å². The van der Waals surface area contributed by atoms with Crippen molar-refractivity contribution in [1.29, 1.82) is 0 Å². The van der Waals surface area contributed by atoms with Crippen LogP contribution in [0.4, 0.5) is 0 Å². The van der Waals surface area contributed by atoms with Gasteiger partial charge in [0.1, 0.15) is 0 Å². The monoisotopic (exact) mass is 363 g/mol. The van der Waals surface area contributed by atoms with Crippen molar-refractivity contribution in [3.63, 3.8) is 0 Å². The highest BCUT2D eigenvalue weighted by Gasteiger charge is 2.21. The van der Waals surface area contributed by atoms with Crippen LogP contribution in [0.2, 0.25) is 0 Å². The fourth-order valence-electron chi connectivity index (χ4n) is 2.50. The highest BCUT2D eigenvalue weighted by Crippen LogP contribution is 2.29. The van der Waals surface area contributed by atoms with E-state index in [2.05, 4.69) is 15.5 Å². The van der Waals surface area contributed by atoms with Crippen LogP contribution in [0.5, 0.6) is 0 Å². The van der Waals surface area contributed by atoms with Gasteiger partial charge in [-0.2, -0.15) is 16.7 Å². The van der Waals surface area contributed by atoms with Crippen molar-refractivity contribution in [2.24, 2.45) is 0 Å². The van der Waals surface area contributed by atoms with E-state index in [9.17, 15) is 4.79 Å². The van der Waals surface area contributed by atoms with Gasteiger partial charge in [0.15, 0.2) is 5.82 Å². The van der Waals surface area contributed by atoms with Crippen LogP contribution in [-0.2, 0) is 11.3 Å². The predicted octanol–water partition coefficient (Wildman–Crippen LogP) is 3.48. The summed E-state index contributed by atoms with van der Waals surface area (Å²) in [5, 5.41) is 6.92. The van der Waals surface area contributed by atoms with Crippen molar-refractivity contribution in [2.75, 3.05) is 17.3 Å². The Morgan fingerprint density at radius 2 is 2.08 bits per heavy atom. The average molecular weight is 364 g/mol. The van der Waals surface area contributed by atoms with Crippen molar-refractivity contribution in [3.05, 3.63) is 42.0 Å². The zero-order chi connectivity index (χ0) is 16.6. The lowest BCUT2D eigenvalue weighted by Gasteiger charge is -2.17. The molecule has 24 heavy (non-hydrogen) atoms. The van der Waals surface area contributed by atoms with Crippen molar-refractivity contribution in [2.45, 2.75) is 36.6 Å². The Kier molecular flexibility index (Phi) is 6.60. The molecule has 1 fully saturated rings. The lowest BCUT2D eigenvalue weighted by molar-refractivity contribution is -0.120. The molecule has 2 aromatic rings. The van der Waals surface area contributed by atoms with E-state index in [0.29, 0.717) is 24.8 Å². The first kappa shape index (κ1) is 17.4. The second-order valence-corrected chi connectivity index (χ2v) is 8.01. The Morgan fingerprint density at radius 1 is 1.29 bits per heavy atom. The molecular weight excluding hydrogens is 342 g/mol. The van der Waals surface area contributed by atoms with Crippen LogP contribution in [0.15, 0.2) is 39.8 Å². The molecule has 1 aliphatic rings. The van der Waals surface area contributed by atoms with Gasteiger partial charge in [0.05, 0.1) is 6.54 Å². The minimum atomic E-state index is 0.00671. The number of carbonyl (C=O) groups is 1. The molecule has 1 N–H and O–H groups in total. The number of hydrogen-bond donors (Lipinski definition) is 1. The predicted molar refractivity (Wildman–Crippen MR) is 97.2 cm³/mol. The van der Waals surface area contributed by atoms with Gasteiger partial charge >= 0.3 is 0 Å². The van der Waals surface area contributed by atoms with Crippen LogP contribution in [0.1, 0.15) is 36.9 Å². The summed E-state index contributed by atoms with van der Waals surface area (Å²) in [7, 11) is 0. The molecule has 0 spiro atoms. The highest BCUT2D eigenvalue weighted by atomic mass is 32.2. The average Bonchev–Trinajstić information content (AvgIpc) is 3.11. The molecule has 7 heteroatoms. The van der Waals surface area contributed by atoms with Crippen LogP contribution < -0.4 is 5.32 Å². The van der Waals surface area contributed by atoms with E-state index in [1.807, 2.05) is 42.1 Å². The fraction of sp³-hybridized carbons (Fsp3) is 0.471. The second kappa shape index (κ2) is 9.13. The summed E-state index contributed by atoms with van der Waals surface area (Å²) < 4.78 is 5.25. The Morgan fingerprint density at radius 3 is 2.88 bits per heavy atom. The van der Waals surface area contributed by atoms with E-state index in [-0.39, 0.29) is 5.91 Å². The summed E-state index contributed by atoms with van der Waals surface area (Å²) in [5.41, 5.74) is 0. The third kappa shape index (κ3) is 5.27. The molecule has 1 aliphatic heterocycles. The number of carbonyl (C=O) groups excluding carboxylic acids is 1. The quantitative estimate of drug-likeness (QED) is 0.760.